The van der Waals surface area contributed by atoms with Crippen molar-refractivity contribution < 1.29 is 14.3 Å². The second-order valence-electron chi connectivity index (χ2n) is 2.86. The third-order valence-electron chi connectivity index (χ3n) is 1.34. The lowest BCUT2D eigenvalue weighted by Crippen LogP contribution is -2.18. The lowest BCUT2D eigenvalue weighted by Gasteiger charge is -2.08. The van der Waals surface area contributed by atoms with Gasteiger partial charge in [0.25, 0.3) is 0 Å². The number of carbonyl (C=O) groups is 1. The molecule has 0 saturated carbocycles. The number of hydrogen-bond acceptors (Lipinski definition) is 3. The molecule has 0 radical (unpaired) electrons. The van der Waals surface area contributed by atoms with E-state index in [9.17, 15) is 4.79 Å². The zero-order valence-electron chi connectivity index (χ0n) is 7.59. The maximum Gasteiger partial charge on any atom is 0.343 e. The highest BCUT2D eigenvalue weighted by atomic mass is 28.3. The predicted molar refractivity (Wildman–Crippen MR) is 45.5 cm³/mol. The average Bonchev–Trinajstić information content (AvgIpc) is 1.98. The molecule has 0 rings (SSSR count). The van der Waals surface area contributed by atoms with E-state index >= 15 is 0 Å². The average molecular weight is 176 g/mol. The Hall–Kier alpha value is -0.353. The summed E-state index contributed by atoms with van der Waals surface area (Å²) in [5.74, 6) is -0.309. The highest BCUT2D eigenvalue weighted by Crippen LogP contribution is 2.03. The van der Waals surface area contributed by atoms with Crippen LogP contribution in [0.2, 0.25) is 13.1 Å². The Morgan fingerprint density at radius 3 is 2.45 bits per heavy atom. The van der Waals surface area contributed by atoms with Crippen molar-refractivity contribution in [3.05, 3.63) is 0 Å². The van der Waals surface area contributed by atoms with E-state index in [2.05, 4.69) is 4.89 Å². The fraction of sp³-hybridized carbons (Fsp3) is 0.857. The van der Waals surface area contributed by atoms with Gasteiger partial charge in [-0.05, 0) is 19.5 Å². The quantitative estimate of drug-likeness (QED) is 0.370. The van der Waals surface area contributed by atoms with E-state index in [0.717, 1.165) is 6.42 Å². The Labute approximate surface area is 69.3 Å². The molecule has 1 atom stereocenters. The van der Waals surface area contributed by atoms with Crippen molar-refractivity contribution in [1.82, 2.24) is 0 Å². The van der Waals surface area contributed by atoms with Crippen LogP contribution in [0.4, 0.5) is 0 Å². The number of hydrogen-bond donors (Lipinski definition) is 0. The van der Waals surface area contributed by atoms with Crippen molar-refractivity contribution >= 4 is 15.0 Å². The normalized spacial score (nSPS) is 13.2. The maximum absolute atomic E-state index is 11.0. The van der Waals surface area contributed by atoms with Crippen LogP contribution in [0, 0.1) is 5.92 Å². The molecule has 0 fully saturated rings. The predicted octanol–water partition coefficient (Wildman–Crippen LogP) is 1.49. The van der Waals surface area contributed by atoms with Crippen LogP contribution in [0.25, 0.3) is 0 Å². The zero-order chi connectivity index (χ0) is 8.85. The Bertz CT molecular complexity index is 125. The largest absolute Gasteiger partial charge is 0.343 e. The Morgan fingerprint density at radius 2 is 2.09 bits per heavy atom. The number of rotatable bonds is 4. The molecule has 0 spiro atoms. The van der Waals surface area contributed by atoms with E-state index in [0.29, 0.717) is 0 Å². The molecule has 0 aromatic heterocycles. The van der Waals surface area contributed by atoms with Crippen LogP contribution in [0.15, 0.2) is 0 Å². The van der Waals surface area contributed by atoms with Crippen LogP contribution in [0.3, 0.4) is 0 Å². The first-order valence-electron chi connectivity index (χ1n) is 3.95. The van der Waals surface area contributed by atoms with Crippen LogP contribution in [-0.4, -0.2) is 15.0 Å². The molecule has 1 unspecified atom stereocenters. The van der Waals surface area contributed by atoms with Crippen molar-refractivity contribution in [1.29, 1.82) is 0 Å². The van der Waals surface area contributed by atoms with E-state index in [-0.39, 0.29) is 11.9 Å². The van der Waals surface area contributed by atoms with E-state index < -0.39 is 9.04 Å². The van der Waals surface area contributed by atoms with Gasteiger partial charge in [-0.15, -0.1) is 0 Å². The molecule has 0 aromatic rings. The SMILES string of the molecule is CCC(C)C(=O)OO[SiH](C)C. The maximum atomic E-state index is 11.0. The molecule has 3 nitrogen and oxygen atoms in total. The Kier molecular flexibility index (Phi) is 5.15. The lowest BCUT2D eigenvalue weighted by molar-refractivity contribution is -0.221. The molecule has 0 aliphatic rings. The Balaban J connectivity index is 3.52. The molecule has 66 valence electrons. The second kappa shape index (κ2) is 5.32. The van der Waals surface area contributed by atoms with Crippen LogP contribution < -0.4 is 0 Å². The van der Waals surface area contributed by atoms with Gasteiger partial charge in [-0.2, -0.15) is 0 Å². The summed E-state index contributed by atoms with van der Waals surface area (Å²) < 4.78 is 4.82. The first kappa shape index (κ1) is 10.6. The van der Waals surface area contributed by atoms with Gasteiger partial charge in [-0.3, -0.25) is 0 Å². The standard InChI is InChI=1S/C7H16O3Si/c1-5-6(2)7(8)9-10-11(3)4/h6,11H,5H2,1-4H3. The van der Waals surface area contributed by atoms with Crippen molar-refractivity contribution in [2.24, 2.45) is 5.92 Å². The van der Waals surface area contributed by atoms with Crippen molar-refractivity contribution in [2.75, 3.05) is 0 Å². The molecule has 0 saturated heterocycles. The molecule has 0 aromatic carbocycles. The summed E-state index contributed by atoms with van der Waals surface area (Å²) in [6, 6.07) is 0. The summed E-state index contributed by atoms with van der Waals surface area (Å²) in [6.45, 7) is 7.67. The van der Waals surface area contributed by atoms with Gasteiger partial charge in [-0.25, -0.2) is 9.37 Å². The van der Waals surface area contributed by atoms with Gasteiger partial charge in [0, 0.05) is 0 Å². The summed E-state index contributed by atoms with van der Waals surface area (Å²) in [5, 5.41) is 0. The minimum absolute atomic E-state index is 0.0530. The molecule has 0 bridgehead atoms. The third kappa shape index (κ3) is 4.98. The summed E-state index contributed by atoms with van der Waals surface area (Å²) in [7, 11) is -1.22. The second-order valence-corrected chi connectivity index (χ2v) is 5.15. The zero-order valence-corrected chi connectivity index (χ0v) is 8.74. The van der Waals surface area contributed by atoms with Crippen LogP contribution in [0.5, 0.6) is 0 Å². The summed E-state index contributed by atoms with van der Waals surface area (Å²) >= 11 is 0. The number of carbonyl (C=O) groups excluding carboxylic acids is 1. The minimum Gasteiger partial charge on any atom is -0.310 e. The van der Waals surface area contributed by atoms with Gasteiger partial charge < -0.3 is 4.89 Å². The summed E-state index contributed by atoms with van der Waals surface area (Å²) in [4.78, 5) is 15.5. The monoisotopic (exact) mass is 176 g/mol. The molecular formula is C7H16O3Si. The molecule has 0 aliphatic heterocycles. The van der Waals surface area contributed by atoms with Crippen molar-refractivity contribution in [3.63, 3.8) is 0 Å². The molecule has 0 N–H and O–H groups in total. The Morgan fingerprint density at radius 1 is 1.55 bits per heavy atom. The van der Waals surface area contributed by atoms with Crippen LogP contribution in [0.1, 0.15) is 20.3 Å². The molecule has 0 aliphatic carbocycles. The van der Waals surface area contributed by atoms with Crippen LogP contribution >= 0.6 is 0 Å². The van der Waals surface area contributed by atoms with Gasteiger partial charge in [-0.1, -0.05) is 13.8 Å². The fourth-order valence-electron chi connectivity index (χ4n) is 0.392. The highest BCUT2D eigenvalue weighted by molar-refractivity contribution is 6.48. The van der Waals surface area contributed by atoms with E-state index in [4.69, 9.17) is 4.58 Å². The van der Waals surface area contributed by atoms with E-state index in [1.807, 2.05) is 26.9 Å². The first-order chi connectivity index (χ1) is 5.07. The van der Waals surface area contributed by atoms with E-state index in [1.54, 1.807) is 0 Å². The topological polar surface area (TPSA) is 35.5 Å². The lowest BCUT2D eigenvalue weighted by atomic mass is 10.1. The molecule has 4 heteroatoms. The first-order valence-corrected chi connectivity index (χ1v) is 6.73. The molecule has 11 heavy (non-hydrogen) atoms. The van der Waals surface area contributed by atoms with Gasteiger partial charge in [0.05, 0.1) is 5.92 Å². The van der Waals surface area contributed by atoms with Gasteiger partial charge >= 0.3 is 5.97 Å². The smallest absolute Gasteiger partial charge is 0.310 e. The van der Waals surface area contributed by atoms with Crippen molar-refractivity contribution in [2.45, 2.75) is 33.4 Å². The fourth-order valence-corrected chi connectivity index (χ4v) is 0.680. The molecule has 0 heterocycles. The summed E-state index contributed by atoms with van der Waals surface area (Å²) in [5.41, 5.74) is 0. The van der Waals surface area contributed by atoms with Gasteiger partial charge in [0.15, 0.2) is 0 Å². The van der Waals surface area contributed by atoms with E-state index in [1.165, 1.54) is 0 Å². The highest BCUT2D eigenvalue weighted by Gasteiger charge is 2.13. The van der Waals surface area contributed by atoms with Gasteiger partial charge in [0.2, 0.25) is 9.04 Å². The minimum atomic E-state index is -1.22. The molecule has 0 amide bonds. The van der Waals surface area contributed by atoms with Crippen LogP contribution in [-0.2, 0) is 14.3 Å². The third-order valence-corrected chi connectivity index (χ3v) is 1.82. The molecular weight excluding hydrogens is 160 g/mol. The van der Waals surface area contributed by atoms with Crippen molar-refractivity contribution in [3.8, 4) is 0 Å². The van der Waals surface area contributed by atoms with Gasteiger partial charge in [0.1, 0.15) is 0 Å². The summed E-state index contributed by atoms with van der Waals surface area (Å²) in [6.07, 6.45) is 0.793.